The first-order chi connectivity index (χ1) is 12.3. The highest BCUT2D eigenvalue weighted by molar-refractivity contribution is 8.18. The molecule has 0 unspecified atom stereocenters. The van der Waals surface area contributed by atoms with Crippen LogP contribution in [0.15, 0.2) is 17.0 Å². The first-order valence-corrected chi connectivity index (χ1v) is 7.98. The molecule has 0 aliphatic carbocycles. The van der Waals surface area contributed by atoms with Gasteiger partial charge < -0.3 is 9.84 Å². The number of methoxy groups -OCH3 is 1. The van der Waals surface area contributed by atoms with Crippen LogP contribution in [0.3, 0.4) is 0 Å². The number of non-ortho nitro benzene ring substituents is 1. The third-order valence-corrected chi connectivity index (χ3v) is 4.31. The number of benzene rings is 1. The molecule has 12 heteroatoms. The zero-order valence-electron chi connectivity index (χ0n) is 13.4. The van der Waals surface area contributed by atoms with Crippen molar-refractivity contribution in [1.82, 2.24) is 4.90 Å². The number of rotatable bonds is 7. The summed E-state index contributed by atoms with van der Waals surface area (Å²) in [5.74, 6) is -1.48. The van der Waals surface area contributed by atoms with Gasteiger partial charge in [0.2, 0.25) is 5.75 Å². The SMILES string of the molecule is COCCCN1C(=O)S/C(=C/c2cc([N+](=O)[O-])cc([N+](=O)[O-])c2O)C1=O. The highest BCUT2D eigenvalue weighted by atomic mass is 32.2. The van der Waals surface area contributed by atoms with E-state index >= 15 is 0 Å². The molecule has 2 rings (SSSR count). The molecular weight excluding hydrogens is 370 g/mol. The summed E-state index contributed by atoms with van der Waals surface area (Å²) in [6, 6.07) is 1.50. The molecule has 0 radical (unpaired) electrons. The van der Waals surface area contributed by atoms with Crippen LogP contribution in [0.25, 0.3) is 6.08 Å². The Kier molecular flexibility index (Phi) is 5.90. The first-order valence-electron chi connectivity index (χ1n) is 7.16. The number of phenolic OH excluding ortho intramolecular Hbond substituents is 1. The number of hydrogen-bond donors (Lipinski definition) is 1. The van der Waals surface area contributed by atoms with Gasteiger partial charge >= 0.3 is 5.69 Å². The van der Waals surface area contributed by atoms with Crippen molar-refractivity contribution in [2.75, 3.05) is 20.3 Å². The van der Waals surface area contributed by atoms with Crippen LogP contribution in [0.2, 0.25) is 0 Å². The standard InChI is InChI=1S/C14H13N3O8S/c1-25-4-2-3-15-13(19)11(26-14(15)20)6-8-5-9(16(21)22)7-10(12(8)18)17(23)24/h5-7,18H,2-4H2,1H3/b11-6+. The monoisotopic (exact) mass is 383 g/mol. The summed E-state index contributed by atoms with van der Waals surface area (Å²) in [7, 11) is 1.48. The van der Waals surface area contributed by atoms with Crippen molar-refractivity contribution in [2.24, 2.45) is 0 Å². The van der Waals surface area contributed by atoms with E-state index in [1.807, 2.05) is 0 Å². The lowest BCUT2D eigenvalue weighted by Crippen LogP contribution is -2.29. The smallest absolute Gasteiger partial charge is 0.318 e. The quantitative estimate of drug-likeness (QED) is 0.323. The van der Waals surface area contributed by atoms with Gasteiger partial charge in [0.1, 0.15) is 0 Å². The third-order valence-electron chi connectivity index (χ3n) is 3.40. The lowest BCUT2D eigenvalue weighted by molar-refractivity contribution is -0.394. The summed E-state index contributed by atoms with van der Waals surface area (Å²) in [4.78, 5) is 45.1. The summed E-state index contributed by atoms with van der Waals surface area (Å²) in [6.45, 7) is 0.468. The van der Waals surface area contributed by atoms with E-state index in [1.54, 1.807) is 0 Å². The average Bonchev–Trinajstić information content (AvgIpc) is 2.83. The number of aromatic hydroxyl groups is 1. The van der Waals surface area contributed by atoms with Crippen LogP contribution in [0.1, 0.15) is 12.0 Å². The first kappa shape index (κ1) is 19.3. The lowest BCUT2D eigenvalue weighted by atomic mass is 10.1. The number of carbonyl (C=O) groups excluding carboxylic acids is 2. The molecule has 138 valence electrons. The van der Waals surface area contributed by atoms with Gasteiger partial charge in [0.25, 0.3) is 16.8 Å². The van der Waals surface area contributed by atoms with Gasteiger partial charge in [0.05, 0.1) is 20.8 Å². The molecule has 26 heavy (non-hydrogen) atoms. The van der Waals surface area contributed by atoms with Gasteiger partial charge in [0.15, 0.2) is 0 Å². The van der Waals surface area contributed by atoms with E-state index in [0.29, 0.717) is 30.9 Å². The van der Waals surface area contributed by atoms with Crippen LogP contribution < -0.4 is 0 Å². The molecule has 1 fully saturated rings. The summed E-state index contributed by atoms with van der Waals surface area (Å²) in [5.41, 5.74) is -1.79. The van der Waals surface area contributed by atoms with E-state index in [0.717, 1.165) is 17.0 Å². The minimum absolute atomic E-state index is 0.0995. The Morgan fingerprint density at radius 3 is 2.54 bits per heavy atom. The molecule has 1 saturated heterocycles. The zero-order chi connectivity index (χ0) is 19.4. The largest absolute Gasteiger partial charge is 0.502 e. The minimum atomic E-state index is -0.976. The normalized spacial score (nSPS) is 15.7. The molecule has 0 saturated carbocycles. The summed E-state index contributed by atoms with van der Waals surface area (Å²) < 4.78 is 4.85. The summed E-state index contributed by atoms with van der Waals surface area (Å²) in [5, 5.41) is 31.3. The second kappa shape index (κ2) is 7.93. The van der Waals surface area contributed by atoms with Gasteiger partial charge in [-0.1, -0.05) is 0 Å². The van der Waals surface area contributed by atoms with E-state index in [1.165, 1.54) is 7.11 Å². The van der Waals surface area contributed by atoms with Gasteiger partial charge in [-0.05, 0) is 24.3 Å². The average molecular weight is 383 g/mol. The van der Waals surface area contributed by atoms with E-state index in [-0.39, 0.29) is 17.0 Å². The van der Waals surface area contributed by atoms with Crippen molar-refractivity contribution in [3.8, 4) is 5.75 Å². The molecule has 0 spiro atoms. The fourth-order valence-electron chi connectivity index (χ4n) is 2.18. The van der Waals surface area contributed by atoms with E-state index in [9.17, 15) is 34.9 Å². The van der Waals surface area contributed by atoms with E-state index in [2.05, 4.69) is 0 Å². The van der Waals surface area contributed by atoms with E-state index < -0.39 is 38.1 Å². The van der Waals surface area contributed by atoms with Gasteiger partial charge in [0, 0.05) is 31.9 Å². The predicted octanol–water partition coefficient (Wildman–Crippen LogP) is 2.28. The fourth-order valence-corrected chi connectivity index (χ4v) is 3.04. The molecule has 1 aromatic rings. The number of phenols is 1. The Hall–Kier alpha value is -2.99. The Morgan fingerprint density at radius 2 is 1.96 bits per heavy atom. The van der Waals surface area contributed by atoms with Crippen molar-refractivity contribution in [2.45, 2.75) is 6.42 Å². The Bertz CT molecular complexity index is 823. The summed E-state index contributed by atoms with van der Waals surface area (Å²) >= 11 is 0.579. The van der Waals surface area contributed by atoms with Crippen LogP contribution >= 0.6 is 11.8 Å². The Balaban J connectivity index is 2.40. The zero-order valence-corrected chi connectivity index (χ0v) is 14.2. The lowest BCUT2D eigenvalue weighted by Gasteiger charge is -2.11. The highest BCUT2D eigenvalue weighted by Crippen LogP contribution is 2.39. The molecule has 1 aromatic carbocycles. The molecule has 0 atom stereocenters. The van der Waals surface area contributed by atoms with Crippen molar-refractivity contribution in [1.29, 1.82) is 0 Å². The van der Waals surface area contributed by atoms with Gasteiger partial charge in [-0.25, -0.2) is 0 Å². The molecule has 1 aliphatic rings. The van der Waals surface area contributed by atoms with Crippen molar-refractivity contribution < 1.29 is 29.3 Å². The van der Waals surface area contributed by atoms with Gasteiger partial charge in [-0.3, -0.25) is 34.7 Å². The highest BCUT2D eigenvalue weighted by Gasteiger charge is 2.35. The van der Waals surface area contributed by atoms with Gasteiger partial charge in [-0.15, -0.1) is 0 Å². The maximum absolute atomic E-state index is 12.3. The maximum atomic E-state index is 12.3. The van der Waals surface area contributed by atoms with E-state index in [4.69, 9.17) is 4.74 Å². The van der Waals surface area contributed by atoms with Crippen LogP contribution in [-0.2, 0) is 9.53 Å². The third kappa shape index (κ3) is 3.97. The molecule has 1 heterocycles. The molecule has 0 aromatic heterocycles. The van der Waals surface area contributed by atoms with Crippen LogP contribution in [0, 0.1) is 20.2 Å². The Labute approximate surface area is 150 Å². The number of nitrogens with zero attached hydrogens (tertiary/aromatic N) is 3. The number of nitro groups is 2. The maximum Gasteiger partial charge on any atom is 0.318 e. The second-order valence-electron chi connectivity index (χ2n) is 5.10. The molecule has 2 amide bonds. The van der Waals surface area contributed by atoms with Crippen molar-refractivity contribution in [3.05, 3.63) is 42.8 Å². The van der Waals surface area contributed by atoms with Crippen LogP contribution in [0.4, 0.5) is 16.2 Å². The van der Waals surface area contributed by atoms with Crippen LogP contribution in [0.5, 0.6) is 5.75 Å². The summed E-state index contributed by atoms with van der Waals surface area (Å²) in [6.07, 6.45) is 1.45. The number of thioether (sulfide) groups is 1. The fraction of sp³-hybridized carbons (Fsp3) is 0.286. The minimum Gasteiger partial charge on any atom is -0.502 e. The van der Waals surface area contributed by atoms with Crippen LogP contribution in [-0.4, -0.2) is 51.3 Å². The predicted molar refractivity (Wildman–Crippen MR) is 90.6 cm³/mol. The number of hydrogen-bond acceptors (Lipinski definition) is 9. The Morgan fingerprint density at radius 1 is 1.27 bits per heavy atom. The van der Waals surface area contributed by atoms with Crippen molar-refractivity contribution in [3.63, 3.8) is 0 Å². The second-order valence-corrected chi connectivity index (χ2v) is 6.09. The number of carbonyl (C=O) groups is 2. The molecular formula is C14H13N3O8S. The van der Waals surface area contributed by atoms with Gasteiger partial charge in [-0.2, -0.15) is 0 Å². The number of amides is 2. The number of ether oxygens (including phenoxy) is 1. The molecule has 1 aliphatic heterocycles. The number of imide groups is 1. The van der Waals surface area contributed by atoms with Crippen molar-refractivity contribution >= 4 is 40.4 Å². The number of nitro benzene ring substituents is 2. The molecule has 1 N–H and O–H groups in total. The molecule has 0 bridgehead atoms. The molecule has 11 nitrogen and oxygen atoms in total. The topological polar surface area (TPSA) is 153 Å².